The molecule has 1 aliphatic rings. The molecule has 0 aromatic carbocycles. The van der Waals surface area contributed by atoms with Crippen LogP contribution in [0.2, 0.25) is 0 Å². The number of nitrogens with zero attached hydrogens (tertiary/aromatic N) is 3. The van der Waals surface area contributed by atoms with Crippen LogP contribution in [0.4, 0.5) is 0 Å². The highest BCUT2D eigenvalue weighted by molar-refractivity contribution is 5.64. The van der Waals surface area contributed by atoms with Crippen molar-refractivity contribution >= 4 is 5.70 Å². The lowest BCUT2D eigenvalue weighted by atomic mass is 9.82. The Morgan fingerprint density at radius 2 is 2.05 bits per heavy atom. The first kappa shape index (κ1) is 13.5. The molecule has 0 radical (unpaired) electrons. The van der Waals surface area contributed by atoms with E-state index in [2.05, 4.69) is 39.3 Å². The van der Waals surface area contributed by atoms with Gasteiger partial charge in [-0.2, -0.15) is 0 Å². The fraction of sp³-hybridized carbons (Fsp3) is 0.235. The number of hydrogen-bond donors (Lipinski definition) is 1. The van der Waals surface area contributed by atoms with E-state index in [1.807, 2.05) is 43.0 Å². The van der Waals surface area contributed by atoms with E-state index in [1.165, 1.54) is 5.56 Å². The predicted molar refractivity (Wildman–Crippen MR) is 82.9 cm³/mol. The van der Waals surface area contributed by atoms with E-state index >= 15 is 0 Å². The minimum atomic E-state index is 0.00788. The van der Waals surface area contributed by atoms with Crippen LogP contribution in [-0.2, 0) is 6.42 Å². The SMILES string of the molecule is CC1(CCc2cncnc2)C=CNC(c2ccccn2)=C1. The molecule has 3 heterocycles. The summed E-state index contributed by atoms with van der Waals surface area (Å²) in [5, 5.41) is 3.28. The molecule has 0 saturated carbocycles. The second-order valence-electron chi connectivity index (χ2n) is 5.50. The van der Waals surface area contributed by atoms with Crippen molar-refractivity contribution in [3.63, 3.8) is 0 Å². The fourth-order valence-electron chi connectivity index (χ4n) is 2.44. The van der Waals surface area contributed by atoms with Crippen LogP contribution in [0, 0.1) is 5.41 Å². The quantitative estimate of drug-likeness (QED) is 0.934. The summed E-state index contributed by atoms with van der Waals surface area (Å²) in [6.07, 6.45) is 15.6. The summed E-state index contributed by atoms with van der Waals surface area (Å²) >= 11 is 0. The van der Waals surface area contributed by atoms with Gasteiger partial charge < -0.3 is 5.32 Å². The smallest absolute Gasteiger partial charge is 0.115 e. The Kier molecular flexibility index (Phi) is 3.77. The molecular formula is C17H18N4. The van der Waals surface area contributed by atoms with Gasteiger partial charge in [0.2, 0.25) is 0 Å². The van der Waals surface area contributed by atoms with Crippen molar-refractivity contribution in [2.24, 2.45) is 5.41 Å². The van der Waals surface area contributed by atoms with Crippen LogP contribution >= 0.6 is 0 Å². The molecule has 1 N–H and O–H groups in total. The number of hydrogen-bond acceptors (Lipinski definition) is 4. The summed E-state index contributed by atoms with van der Waals surface area (Å²) in [4.78, 5) is 12.5. The Bertz CT molecular complexity index is 649. The van der Waals surface area contributed by atoms with E-state index in [4.69, 9.17) is 0 Å². The van der Waals surface area contributed by atoms with Crippen molar-refractivity contribution in [1.82, 2.24) is 20.3 Å². The maximum absolute atomic E-state index is 4.40. The van der Waals surface area contributed by atoms with Crippen molar-refractivity contribution in [2.75, 3.05) is 0 Å². The number of dihydropyridines is 1. The highest BCUT2D eigenvalue weighted by atomic mass is 14.9. The van der Waals surface area contributed by atoms with Gasteiger partial charge in [-0.25, -0.2) is 9.97 Å². The lowest BCUT2D eigenvalue weighted by molar-refractivity contribution is 0.492. The molecule has 1 atom stereocenters. The zero-order valence-electron chi connectivity index (χ0n) is 12.0. The zero-order valence-corrected chi connectivity index (χ0v) is 12.0. The number of aryl methyl sites for hydroxylation is 1. The largest absolute Gasteiger partial charge is 0.360 e. The molecule has 0 bridgehead atoms. The second kappa shape index (κ2) is 5.87. The lowest BCUT2D eigenvalue weighted by Crippen LogP contribution is -2.21. The van der Waals surface area contributed by atoms with Crippen LogP contribution in [0.25, 0.3) is 5.70 Å². The van der Waals surface area contributed by atoms with E-state index in [9.17, 15) is 0 Å². The number of nitrogens with one attached hydrogen (secondary N) is 1. The van der Waals surface area contributed by atoms with Gasteiger partial charge in [-0.1, -0.05) is 19.1 Å². The van der Waals surface area contributed by atoms with Crippen molar-refractivity contribution in [1.29, 1.82) is 0 Å². The molecule has 21 heavy (non-hydrogen) atoms. The highest BCUT2D eigenvalue weighted by Crippen LogP contribution is 2.32. The average Bonchev–Trinajstić information content (AvgIpc) is 2.55. The maximum atomic E-state index is 4.40. The standard InChI is InChI=1S/C17H18N4/c1-17(6-5-14-11-18-13-19-12-14)7-9-21-16(10-17)15-4-2-3-8-20-15/h2-4,7-13,21H,5-6H2,1H3. The Morgan fingerprint density at radius 1 is 1.19 bits per heavy atom. The molecule has 106 valence electrons. The van der Waals surface area contributed by atoms with E-state index in [0.29, 0.717) is 0 Å². The van der Waals surface area contributed by atoms with E-state index < -0.39 is 0 Å². The normalized spacial score (nSPS) is 20.7. The third kappa shape index (κ3) is 3.34. The number of aromatic nitrogens is 3. The van der Waals surface area contributed by atoms with Crippen molar-refractivity contribution < 1.29 is 0 Å². The monoisotopic (exact) mass is 278 g/mol. The highest BCUT2D eigenvalue weighted by Gasteiger charge is 2.22. The molecule has 4 heteroatoms. The zero-order chi connectivity index (χ0) is 14.5. The van der Waals surface area contributed by atoms with Crippen LogP contribution in [-0.4, -0.2) is 15.0 Å². The van der Waals surface area contributed by atoms with Gasteiger partial charge in [-0.15, -0.1) is 0 Å². The molecule has 0 fully saturated rings. The van der Waals surface area contributed by atoms with Crippen molar-refractivity contribution in [3.8, 4) is 0 Å². The van der Waals surface area contributed by atoms with E-state index in [1.54, 1.807) is 6.33 Å². The average molecular weight is 278 g/mol. The third-order valence-corrected chi connectivity index (χ3v) is 3.68. The third-order valence-electron chi connectivity index (χ3n) is 3.68. The molecule has 2 aromatic rings. The van der Waals surface area contributed by atoms with Crippen LogP contribution in [0.15, 0.2) is 61.5 Å². The minimum Gasteiger partial charge on any atom is -0.360 e. The summed E-state index contributed by atoms with van der Waals surface area (Å²) < 4.78 is 0. The molecule has 3 rings (SSSR count). The fourth-order valence-corrected chi connectivity index (χ4v) is 2.44. The molecule has 0 spiro atoms. The number of allylic oxidation sites excluding steroid dienone is 2. The van der Waals surface area contributed by atoms with Gasteiger partial charge in [-0.3, -0.25) is 4.98 Å². The first-order valence-electron chi connectivity index (χ1n) is 7.08. The summed E-state index contributed by atoms with van der Waals surface area (Å²) in [6, 6.07) is 5.95. The van der Waals surface area contributed by atoms with Crippen molar-refractivity contribution in [3.05, 3.63) is 72.7 Å². The predicted octanol–water partition coefficient (Wildman–Crippen LogP) is 2.97. The van der Waals surface area contributed by atoms with Gasteiger partial charge in [0.15, 0.2) is 0 Å². The second-order valence-corrected chi connectivity index (χ2v) is 5.50. The van der Waals surface area contributed by atoms with Gasteiger partial charge in [0.25, 0.3) is 0 Å². The van der Waals surface area contributed by atoms with Crippen LogP contribution in [0.3, 0.4) is 0 Å². The van der Waals surface area contributed by atoms with Crippen LogP contribution in [0.5, 0.6) is 0 Å². The summed E-state index contributed by atoms with van der Waals surface area (Å²) in [5.41, 5.74) is 3.20. The van der Waals surface area contributed by atoms with E-state index in [0.717, 1.165) is 24.2 Å². The van der Waals surface area contributed by atoms with Gasteiger partial charge in [-0.05, 0) is 42.8 Å². The Morgan fingerprint density at radius 3 is 2.81 bits per heavy atom. The first-order valence-corrected chi connectivity index (χ1v) is 7.08. The molecule has 0 aliphatic carbocycles. The molecule has 0 saturated heterocycles. The van der Waals surface area contributed by atoms with Gasteiger partial charge in [0.05, 0.1) is 11.4 Å². The summed E-state index contributed by atoms with van der Waals surface area (Å²) in [6.45, 7) is 2.23. The molecular weight excluding hydrogens is 260 g/mol. The molecule has 1 aliphatic heterocycles. The summed E-state index contributed by atoms with van der Waals surface area (Å²) in [5.74, 6) is 0. The van der Waals surface area contributed by atoms with Gasteiger partial charge >= 0.3 is 0 Å². The topological polar surface area (TPSA) is 50.7 Å². The van der Waals surface area contributed by atoms with Gasteiger partial charge in [0.1, 0.15) is 6.33 Å². The minimum absolute atomic E-state index is 0.00788. The molecule has 4 nitrogen and oxygen atoms in total. The summed E-state index contributed by atoms with van der Waals surface area (Å²) in [7, 11) is 0. The van der Waals surface area contributed by atoms with Crippen LogP contribution < -0.4 is 5.32 Å². The molecule has 0 amide bonds. The molecule has 1 unspecified atom stereocenters. The molecule has 2 aromatic heterocycles. The Balaban J connectivity index is 1.75. The number of rotatable bonds is 4. The Hall–Kier alpha value is -2.49. The van der Waals surface area contributed by atoms with E-state index in [-0.39, 0.29) is 5.41 Å². The lowest BCUT2D eigenvalue weighted by Gasteiger charge is -2.27. The number of pyridine rings is 1. The Labute approximate surface area is 124 Å². The maximum Gasteiger partial charge on any atom is 0.115 e. The van der Waals surface area contributed by atoms with Crippen LogP contribution in [0.1, 0.15) is 24.6 Å². The first-order chi connectivity index (χ1) is 10.3. The van der Waals surface area contributed by atoms with Gasteiger partial charge in [0, 0.05) is 24.0 Å². The van der Waals surface area contributed by atoms with Crippen molar-refractivity contribution in [2.45, 2.75) is 19.8 Å².